The Labute approximate surface area is 138 Å². The van der Waals surface area contributed by atoms with Crippen LogP contribution in [0, 0.1) is 5.92 Å². The number of aliphatic hydroxyl groups excluding tert-OH is 4. The van der Waals surface area contributed by atoms with Gasteiger partial charge in [-0.1, -0.05) is 0 Å². The molecule has 0 bridgehead atoms. The van der Waals surface area contributed by atoms with Gasteiger partial charge in [0.1, 0.15) is 18.3 Å². The van der Waals surface area contributed by atoms with Gasteiger partial charge in [-0.15, -0.1) is 0 Å². The monoisotopic (exact) mass is 349 g/mol. The minimum atomic E-state index is -2.24. The number of carbonyl (C=O) groups is 2. The molecule has 1 aliphatic carbocycles. The molecule has 0 unspecified atom stereocenters. The third-order valence-corrected chi connectivity index (χ3v) is 4.40. The number of rotatable bonds is 7. The number of carboxylic acids is 1. The minimum Gasteiger partial charge on any atom is -0.477 e. The number of carboxylic acid groups (broad SMARTS) is 1. The predicted octanol–water partition coefficient (Wildman–Crippen LogP) is -2.83. The Kier molecular flexibility index (Phi) is 5.78. The molecule has 1 saturated heterocycles. The van der Waals surface area contributed by atoms with Gasteiger partial charge in [-0.25, -0.2) is 4.79 Å². The van der Waals surface area contributed by atoms with Crippen molar-refractivity contribution in [1.82, 2.24) is 5.32 Å². The Balaban J connectivity index is 2.26. The van der Waals surface area contributed by atoms with Crippen molar-refractivity contribution in [2.45, 2.75) is 55.5 Å². The van der Waals surface area contributed by atoms with E-state index in [9.17, 15) is 30.0 Å². The van der Waals surface area contributed by atoms with Gasteiger partial charge in [0.05, 0.1) is 18.8 Å². The van der Waals surface area contributed by atoms with E-state index in [1.54, 1.807) is 0 Å². The summed E-state index contributed by atoms with van der Waals surface area (Å²) in [5, 5.41) is 51.0. The molecule has 0 aromatic rings. The molecule has 24 heavy (non-hydrogen) atoms. The number of aliphatic hydroxyl groups is 4. The molecule has 0 radical (unpaired) electrons. The van der Waals surface area contributed by atoms with Crippen molar-refractivity contribution in [3.05, 3.63) is 0 Å². The van der Waals surface area contributed by atoms with Gasteiger partial charge in [0.15, 0.2) is 0 Å². The van der Waals surface area contributed by atoms with Crippen LogP contribution >= 0.6 is 0 Å². The second kappa shape index (κ2) is 7.30. The lowest BCUT2D eigenvalue weighted by atomic mass is 9.88. The topological polar surface area (TPSA) is 166 Å². The molecule has 6 N–H and O–H groups in total. The van der Waals surface area contributed by atoms with E-state index in [-0.39, 0.29) is 11.8 Å². The van der Waals surface area contributed by atoms with E-state index in [1.165, 1.54) is 0 Å². The highest BCUT2D eigenvalue weighted by atomic mass is 16.7. The maximum atomic E-state index is 12.0. The van der Waals surface area contributed by atoms with Gasteiger partial charge in [0.2, 0.25) is 5.91 Å². The third-order valence-electron chi connectivity index (χ3n) is 4.40. The highest BCUT2D eigenvalue weighted by molar-refractivity contribution is 5.81. The first kappa shape index (κ1) is 19.0. The Morgan fingerprint density at radius 1 is 1.38 bits per heavy atom. The van der Waals surface area contributed by atoms with Crippen molar-refractivity contribution in [3.8, 4) is 0 Å². The summed E-state index contributed by atoms with van der Waals surface area (Å²) in [5.41, 5.74) is 0. The lowest BCUT2D eigenvalue weighted by Crippen LogP contribution is -2.68. The largest absolute Gasteiger partial charge is 0.477 e. The van der Waals surface area contributed by atoms with Crippen molar-refractivity contribution in [3.63, 3.8) is 0 Å². The molecule has 10 nitrogen and oxygen atoms in total. The number of aliphatic carboxylic acids is 1. The zero-order valence-corrected chi connectivity index (χ0v) is 13.2. The van der Waals surface area contributed by atoms with Gasteiger partial charge in [-0.2, -0.15) is 0 Å². The van der Waals surface area contributed by atoms with Crippen molar-refractivity contribution in [2.75, 3.05) is 13.7 Å². The number of nitrogens with one attached hydrogen (secondary N) is 1. The van der Waals surface area contributed by atoms with Gasteiger partial charge in [0, 0.05) is 19.4 Å². The summed E-state index contributed by atoms with van der Waals surface area (Å²) in [5.74, 6) is -4.29. The highest BCUT2D eigenvalue weighted by Gasteiger charge is 2.55. The van der Waals surface area contributed by atoms with Crippen molar-refractivity contribution in [2.24, 2.45) is 5.92 Å². The molecule has 1 heterocycles. The quantitative estimate of drug-likeness (QED) is 0.284. The molecule has 1 amide bonds. The highest BCUT2D eigenvalue weighted by Crippen LogP contribution is 2.34. The van der Waals surface area contributed by atoms with E-state index in [0.29, 0.717) is 12.8 Å². The molecule has 2 aliphatic rings. The summed E-state index contributed by atoms with van der Waals surface area (Å²) in [6.07, 6.45) is -5.35. The van der Waals surface area contributed by atoms with Crippen LogP contribution in [0.4, 0.5) is 0 Å². The molecule has 10 heteroatoms. The van der Waals surface area contributed by atoms with E-state index in [4.69, 9.17) is 14.6 Å². The molecule has 2 rings (SSSR count). The normalized spacial score (nSPS) is 36.0. The van der Waals surface area contributed by atoms with Gasteiger partial charge < -0.3 is 40.3 Å². The molecule has 0 aromatic heterocycles. The van der Waals surface area contributed by atoms with Crippen LogP contribution < -0.4 is 5.32 Å². The van der Waals surface area contributed by atoms with E-state index in [2.05, 4.69) is 5.32 Å². The number of ether oxygens (including phenoxy) is 2. The summed E-state index contributed by atoms with van der Waals surface area (Å²) in [6, 6.07) is -1.16. The van der Waals surface area contributed by atoms with Crippen LogP contribution in [0.15, 0.2) is 0 Å². The van der Waals surface area contributed by atoms with Crippen molar-refractivity contribution >= 4 is 11.9 Å². The van der Waals surface area contributed by atoms with E-state index < -0.39 is 55.2 Å². The first-order valence-electron chi connectivity index (χ1n) is 7.67. The van der Waals surface area contributed by atoms with Crippen LogP contribution in [0.25, 0.3) is 0 Å². The molecule has 1 aliphatic heterocycles. The van der Waals surface area contributed by atoms with Crippen LogP contribution in [0.1, 0.15) is 19.3 Å². The maximum absolute atomic E-state index is 12.0. The molecule has 0 spiro atoms. The fraction of sp³-hybridized carbons (Fsp3) is 0.857. The fourth-order valence-corrected chi connectivity index (χ4v) is 2.73. The van der Waals surface area contributed by atoms with Gasteiger partial charge in [-0.05, 0) is 12.8 Å². The molecule has 6 atom stereocenters. The SMILES string of the molecule is CO[C@]1(C(=O)O)C[C@H](O)[C@@H](NC(=O)C2CC2)[C@H]([C@H](O)[C@H](O)CO)O1. The number of methoxy groups -OCH3 is 1. The first-order valence-corrected chi connectivity index (χ1v) is 7.67. The average Bonchev–Trinajstić information content (AvgIpc) is 3.39. The fourth-order valence-electron chi connectivity index (χ4n) is 2.73. The first-order chi connectivity index (χ1) is 11.3. The van der Waals surface area contributed by atoms with Gasteiger partial charge >= 0.3 is 5.97 Å². The summed E-state index contributed by atoms with van der Waals surface area (Å²) < 4.78 is 10.2. The standard InChI is InChI=1S/C14H23NO9/c1-23-14(13(21)22)4-7(17)9(15-12(20)6-2-3-6)11(24-14)10(19)8(18)5-16/h6-11,16-19H,2-5H2,1H3,(H,15,20)(H,21,22)/t7-,8+,9+,10+,11+,14+/m0/s1. The second-order valence-corrected chi connectivity index (χ2v) is 6.17. The lowest BCUT2D eigenvalue weighted by Gasteiger charge is -2.46. The Morgan fingerprint density at radius 2 is 2.00 bits per heavy atom. The van der Waals surface area contributed by atoms with E-state index in [0.717, 1.165) is 7.11 Å². The number of hydrogen-bond donors (Lipinski definition) is 6. The average molecular weight is 349 g/mol. The second-order valence-electron chi connectivity index (χ2n) is 6.17. The predicted molar refractivity (Wildman–Crippen MR) is 76.6 cm³/mol. The summed E-state index contributed by atoms with van der Waals surface area (Å²) in [4.78, 5) is 23.4. The summed E-state index contributed by atoms with van der Waals surface area (Å²) in [7, 11) is 1.07. The third kappa shape index (κ3) is 3.68. The summed E-state index contributed by atoms with van der Waals surface area (Å²) in [6.45, 7) is -0.812. The number of carbonyl (C=O) groups excluding carboxylic acids is 1. The van der Waals surface area contributed by atoms with Crippen molar-refractivity contribution < 1.29 is 44.6 Å². The van der Waals surface area contributed by atoms with Crippen LogP contribution in [0.5, 0.6) is 0 Å². The maximum Gasteiger partial charge on any atom is 0.364 e. The lowest BCUT2D eigenvalue weighted by molar-refractivity contribution is -0.303. The molecule has 0 aromatic carbocycles. The van der Waals surface area contributed by atoms with Crippen LogP contribution in [-0.2, 0) is 19.1 Å². The van der Waals surface area contributed by atoms with E-state index in [1.807, 2.05) is 0 Å². The smallest absolute Gasteiger partial charge is 0.364 e. The van der Waals surface area contributed by atoms with Crippen LogP contribution in [-0.4, -0.2) is 87.4 Å². The van der Waals surface area contributed by atoms with Crippen molar-refractivity contribution in [1.29, 1.82) is 0 Å². The van der Waals surface area contributed by atoms with Gasteiger partial charge in [0.25, 0.3) is 5.79 Å². The molecule has 138 valence electrons. The number of amides is 1. The molecular formula is C14H23NO9. The van der Waals surface area contributed by atoms with E-state index >= 15 is 0 Å². The number of hydrogen-bond acceptors (Lipinski definition) is 8. The molecule has 2 fully saturated rings. The van der Waals surface area contributed by atoms with Crippen LogP contribution in [0.2, 0.25) is 0 Å². The zero-order chi connectivity index (χ0) is 18.1. The minimum absolute atomic E-state index is 0.189. The molecule has 1 saturated carbocycles. The summed E-state index contributed by atoms with van der Waals surface area (Å²) >= 11 is 0. The van der Waals surface area contributed by atoms with Gasteiger partial charge in [-0.3, -0.25) is 4.79 Å². The van der Waals surface area contributed by atoms with Crippen LogP contribution in [0.3, 0.4) is 0 Å². The Bertz CT molecular complexity index is 483. The molecular weight excluding hydrogens is 326 g/mol. The Hall–Kier alpha value is -1.30. The Morgan fingerprint density at radius 3 is 2.46 bits per heavy atom. The zero-order valence-electron chi connectivity index (χ0n) is 13.2.